The molecule has 0 aromatic heterocycles. The number of fused-ring (bicyclic) bond motifs is 1. The standard InChI is InChI=1S/C15H18ClNO2S/c16-10-15(5-7-19-8-6-15)17-14(18)12-9-20-13-4-2-1-3-11(12)13/h1-4,12H,5-10H2,(H,17,18). The highest BCUT2D eigenvalue weighted by Gasteiger charge is 2.37. The van der Waals surface area contributed by atoms with Crippen molar-refractivity contribution >= 4 is 29.3 Å². The fourth-order valence-electron chi connectivity index (χ4n) is 2.78. The molecular weight excluding hydrogens is 294 g/mol. The molecule has 0 radical (unpaired) electrons. The highest BCUT2D eigenvalue weighted by Crippen LogP contribution is 2.39. The zero-order valence-corrected chi connectivity index (χ0v) is 12.8. The first-order valence-electron chi connectivity index (χ1n) is 6.92. The zero-order chi connectivity index (χ0) is 14.0. The number of amides is 1. The molecule has 3 rings (SSSR count). The van der Waals surface area contributed by atoms with Crippen LogP contribution in [0.3, 0.4) is 0 Å². The van der Waals surface area contributed by atoms with E-state index in [0.29, 0.717) is 19.1 Å². The molecule has 1 saturated heterocycles. The summed E-state index contributed by atoms with van der Waals surface area (Å²) in [6.07, 6.45) is 1.59. The van der Waals surface area contributed by atoms with E-state index in [-0.39, 0.29) is 17.4 Å². The molecule has 1 aromatic carbocycles. The number of hydrogen-bond donors (Lipinski definition) is 1. The van der Waals surface area contributed by atoms with Crippen molar-refractivity contribution in [2.75, 3.05) is 24.8 Å². The molecule has 0 bridgehead atoms. The number of alkyl halides is 1. The van der Waals surface area contributed by atoms with Gasteiger partial charge >= 0.3 is 0 Å². The Kier molecular flexibility index (Phi) is 4.24. The van der Waals surface area contributed by atoms with Crippen molar-refractivity contribution in [1.29, 1.82) is 0 Å². The molecule has 5 heteroatoms. The number of ether oxygens (including phenoxy) is 1. The second kappa shape index (κ2) is 5.96. The van der Waals surface area contributed by atoms with Gasteiger partial charge in [-0.3, -0.25) is 4.79 Å². The first-order valence-corrected chi connectivity index (χ1v) is 8.44. The molecule has 1 aromatic rings. The average Bonchev–Trinajstić information content (AvgIpc) is 2.92. The number of thioether (sulfide) groups is 1. The fourth-order valence-corrected chi connectivity index (χ4v) is 4.35. The van der Waals surface area contributed by atoms with Crippen molar-refractivity contribution in [3.8, 4) is 0 Å². The Morgan fingerprint density at radius 1 is 1.40 bits per heavy atom. The summed E-state index contributed by atoms with van der Waals surface area (Å²) >= 11 is 7.87. The lowest BCUT2D eigenvalue weighted by atomic mass is 9.90. The fraction of sp³-hybridized carbons (Fsp3) is 0.533. The van der Waals surface area contributed by atoms with Crippen LogP contribution in [0.4, 0.5) is 0 Å². The molecule has 1 N–H and O–H groups in total. The van der Waals surface area contributed by atoms with Gasteiger partial charge in [0.1, 0.15) is 0 Å². The Morgan fingerprint density at radius 3 is 2.90 bits per heavy atom. The van der Waals surface area contributed by atoms with Gasteiger partial charge in [0.15, 0.2) is 0 Å². The summed E-state index contributed by atoms with van der Waals surface area (Å²) in [7, 11) is 0. The van der Waals surface area contributed by atoms with Gasteiger partial charge in [0.25, 0.3) is 0 Å². The van der Waals surface area contributed by atoms with Gasteiger partial charge in [0, 0.05) is 29.7 Å². The minimum atomic E-state index is -0.293. The van der Waals surface area contributed by atoms with E-state index >= 15 is 0 Å². The number of rotatable bonds is 3. The molecule has 20 heavy (non-hydrogen) atoms. The third-order valence-electron chi connectivity index (χ3n) is 4.11. The van der Waals surface area contributed by atoms with Crippen LogP contribution < -0.4 is 5.32 Å². The minimum absolute atomic E-state index is 0.0564. The summed E-state index contributed by atoms with van der Waals surface area (Å²) in [5, 5.41) is 3.20. The lowest BCUT2D eigenvalue weighted by molar-refractivity contribution is -0.124. The molecule has 108 valence electrons. The average molecular weight is 312 g/mol. The zero-order valence-electron chi connectivity index (χ0n) is 11.2. The van der Waals surface area contributed by atoms with E-state index in [4.69, 9.17) is 16.3 Å². The van der Waals surface area contributed by atoms with Gasteiger partial charge in [-0.15, -0.1) is 23.4 Å². The van der Waals surface area contributed by atoms with Crippen LogP contribution in [0.15, 0.2) is 29.2 Å². The molecule has 2 aliphatic rings. The molecule has 1 atom stereocenters. The van der Waals surface area contributed by atoms with Gasteiger partial charge < -0.3 is 10.1 Å². The van der Waals surface area contributed by atoms with Crippen LogP contribution in [0.5, 0.6) is 0 Å². The highest BCUT2D eigenvalue weighted by molar-refractivity contribution is 7.99. The van der Waals surface area contributed by atoms with Gasteiger partial charge in [-0.25, -0.2) is 0 Å². The maximum Gasteiger partial charge on any atom is 0.228 e. The van der Waals surface area contributed by atoms with E-state index in [9.17, 15) is 4.79 Å². The molecule has 0 spiro atoms. The van der Waals surface area contributed by atoms with E-state index < -0.39 is 0 Å². The van der Waals surface area contributed by atoms with Crippen molar-refractivity contribution in [3.05, 3.63) is 29.8 Å². The predicted molar refractivity (Wildman–Crippen MR) is 81.6 cm³/mol. The summed E-state index contributed by atoms with van der Waals surface area (Å²) in [4.78, 5) is 13.8. The summed E-state index contributed by atoms with van der Waals surface area (Å²) in [5.74, 6) is 1.31. The van der Waals surface area contributed by atoms with Gasteiger partial charge in [0.05, 0.1) is 11.5 Å². The molecule has 0 saturated carbocycles. The predicted octanol–water partition coefficient (Wildman–Crippen LogP) is 2.78. The van der Waals surface area contributed by atoms with Gasteiger partial charge in [-0.05, 0) is 24.5 Å². The van der Waals surface area contributed by atoms with Crippen molar-refractivity contribution in [2.24, 2.45) is 0 Å². The topological polar surface area (TPSA) is 38.3 Å². The van der Waals surface area contributed by atoms with E-state index in [2.05, 4.69) is 17.4 Å². The van der Waals surface area contributed by atoms with Crippen LogP contribution in [0.1, 0.15) is 24.3 Å². The molecule has 0 aliphatic carbocycles. The van der Waals surface area contributed by atoms with Crippen molar-refractivity contribution in [1.82, 2.24) is 5.32 Å². The van der Waals surface area contributed by atoms with E-state index in [1.807, 2.05) is 12.1 Å². The Balaban J connectivity index is 1.74. The van der Waals surface area contributed by atoms with Crippen LogP contribution in [-0.4, -0.2) is 36.3 Å². The SMILES string of the molecule is O=C(NC1(CCl)CCOCC1)C1CSc2ccccc21. The van der Waals surface area contributed by atoms with Crippen LogP contribution >= 0.6 is 23.4 Å². The number of carbonyl (C=O) groups excluding carboxylic acids is 1. The highest BCUT2D eigenvalue weighted by atomic mass is 35.5. The molecule has 1 unspecified atom stereocenters. The van der Waals surface area contributed by atoms with E-state index in [0.717, 1.165) is 24.2 Å². The third kappa shape index (κ3) is 2.69. The molecule has 2 aliphatic heterocycles. The largest absolute Gasteiger partial charge is 0.381 e. The molecular formula is C15H18ClNO2S. The quantitative estimate of drug-likeness (QED) is 0.872. The Bertz CT molecular complexity index is 502. The van der Waals surface area contributed by atoms with E-state index in [1.54, 1.807) is 11.8 Å². The first-order chi connectivity index (χ1) is 9.74. The maximum absolute atomic E-state index is 12.6. The number of nitrogens with one attached hydrogen (secondary N) is 1. The van der Waals surface area contributed by atoms with Crippen LogP contribution in [-0.2, 0) is 9.53 Å². The van der Waals surface area contributed by atoms with Gasteiger partial charge in [-0.1, -0.05) is 18.2 Å². The maximum atomic E-state index is 12.6. The molecule has 1 amide bonds. The lowest BCUT2D eigenvalue weighted by Gasteiger charge is -2.37. The molecule has 1 fully saturated rings. The minimum Gasteiger partial charge on any atom is -0.381 e. The summed E-state index contributed by atoms with van der Waals surface area (Å²) in [5.41, 5.74) is 0.853. The van der Waals surface area contributed by atoms with Gasteiger partial charge in [-0.2, -0.15) is 0 Å². The second-order valence-corrected chi connectivity index (χ2v) is 6.75. The Labute approximate surface area is 128 Å². The van der Waals surface area contributed by atoms with Crippen molar-refractivity contribution < 1.29 is 9.53 Å². The van der Waals surface area contributed by atoms with Crippen LogP contribution in [0, 0.1) is 0 Å². The molecule has 3 nitrogen and oxygen atoms in total. The Hall–Kier alpha value is -0.710. The van der Waals surface area contributed by atoms with E-state index in [1.165, 1.54) is 4.90 Å². The van der Waals surface area contributed by atoms with Crippen LogP contribution in [0.25, 0.3) is 0 Å². The normalized spacial score (nSPS) is 24.1. The third-order valence-corrected chi connectivity index (χ3v) is 5.80. The lowest BCUT2D eigenvalue weighted by Crippen LogP contribution is -2.54. The summed E-state index contributed by atoms with van der Waals surface area (Å²) in [6.45, 7) is 1.34. The Morgan fingerprint density at radius 2 is 2.15 bits per heavy atom. The smallest absolute Gasteiger partial charge is 0.228 e. The monoisotopic (exact) mass is 311 g/mol. The number of carbonyl (C=O) groups is 1. The molecule has 2 heterocycles. The summed E-state index contributed by atoms with van der Waals surface area (Å²) in [6, 6.07) is 8.15. The second-order valence-electron chi connectivity index (χ2n) is 5.42. The number of benzene rings is 1. The number of halogens is 1. The summed E-state index contributed by atoms with van der Waals surface area (Å²) < 4.78 is 5.38. The van der Waals surface area contributed by atoms with Gasteiger partial charge in [0.2, 0.25) is 5.91 Å². The van der Waals surface area contributed by atoms with Crippen LogP contribution in [0.2, 0.25) is 0 Å². The first kappa shape index (κ1) is 14.2. The van der Waals surface area contributed by atoms with Crippen molar-refractivity contribution in [3.63, 3.8) is 0 Å². The van der Waals surface area contributed by atoms with Crippen molar-refractivity contribution in [2.45, 2.75) is 29.2 Å². The number of hydrogen-bond acceptors (Lipinski definition) is 3.